The summed E-state index contributed by atoms with van der Waals surface area (Å²) in [7, 11) is 0. The number of anilines is 2. The second kappa shape index (κ2) is 8.44. The van der Waals surface area contributed by atoms with Crippen molar-refractivity contribution in [3.8, 4) is 22.3 Å². The summed E-state index contributed by atoms with van der Waals surface area (Å²) in [5, 5.41) is 8.35. The van der Waals surface area contributed by atoms with E-state index >= 15 is 0 Å². The van der Waals surface area contributed by atoms with Crippen LogP contribution in [0.1, 0.15) is 0 Å². The van der Waals surface area contributed by atoms with E-state index in [4.69, 9.17) is 4.42 Å². The molecule has 0 aliphatic carbocycles. The Labute approximate surface area is 209 Å². The van der Waals surface area contributed by atoms with Gasteiger partial charge in [-0.05, 0) is 63.9 Å². The summed E-state index contributed by atoms with van der Waals surface area (Å²) in [5.74, 6) is 0. The quantitative estimate of drug-likeness (QED) is 0.282. The van der Waals surface area contributed by atoms with Gasteiger partial charge >= 0.3 is 0 Å². The molecule has 0 amide bonds. The maximum atomic E-state index is 6.22. The summed E-state index contributed by atoms with van der Waals surface area (Å²) in [5.41, 5.74) is 8.64. The van der Waals surface area contributed by atoms with Crippen molar-refractivity contribution in [2.45, 2.75) is 0 Å². The molecule has 0 atom stereocenters. The van der Waals surface area contributed by atoms with E-state index in [2.05, 4.69) is 127 Å². The smallest absolute Gasteiger partial charge is 0.143 e. The van der Waals surface area contributed by atoms with E-state index < -0.39 is 0 Å². The zero-order chi connectivity index (χ0) is 23.9. The van der Waals surface area contributed by atoms with Crippen molar-refractivity contribution < 1.29 is 4.42 Å². The van der Waals surface area contributed by atoms with Crippen molar-refractivity contribution in [3.63, 3.8) is 0 Å². The van der Waals surface area contributed by atoms with E-state index in [-0.39, 0.29) is 0 Å². The van der Waals surface area contributed by atoms with E-state index in [9.17, 15) is 0 Å². The average Bonchev–Trinajstić information content (AvgIpc) is 3.33. The molecule has 0 aliphatic heterocycles. The van der Waals surface area contributed by atoms with Gasteiger partial charge in [-0.3, -0.25) is 0 Å². The van der Waals surface area contributed by atoms with Crippen LogP contribution in [0.15, 0.2) is 138 Å². The number of hydrogen-bond donors (Lipinski definition) is 1. The largest absolute Gasteiger partial charge is 0.455 e. The Morgan fingerprint density at radius 3 is 1.89 bits per heavy atom. The molecule has 6 aromatic carbocycles. The zero-order valence-corrected chi connectivity index (χ0v) is 19.6. The lowest BCUT2D eigenvalue weighted by Crippen LogP contribution is -1.90. The molecule has 1 N–H and O–H groups in total. The van der Waals surface area contributed by atoms with E-state index in [1.807, 2.05) is 12.1 Å². The highest BCUT2D eigenvalue weighted by Crippen LogP contribution is 2.36. The van der Waals surface area contributed by atoms with Gasteiger partial charge in [-0.25, -0.2) is 0 Å². The van der Waals surface area contributed by atoms with Crippen molar-refractivity contribution in [1.82, 2.24) is 0 Å². The van der Waals surface area contributed by atoms with Crippen molar-refractivity contribution >= 4 is 44.1 Å². The molecule has 0 saturated carbocycles. The van der Waals surface area contributed by atoms with Crippen LogP contribution in [0.5, 0.6) is 0 Å². The normalized spacial score (nSPS) is 11.3. The summed E-state index contributed by atoms with van der Waals surface area (Å²) in [6.45, 7) is 0. The molecule has 0 fully saturated rings. The van der Waals surface area contributed by atoms with E-state index in [1.54, 1.807) is 0 Å². The first-order valence-corrected chi connectivity index (χ1v) is 12.2. The standard InChI is InChI=1S/C34H23NO/c1-2-7-26-22-27(13-12-23(26)6-1)24-14-18-28(19-15-24)35-29-20-16-25(17-21-29)30-9-5-10-32-31-8-3-4-11-33(31)36-34(30)32/h1-22,35H. The highest BCUT2D eigenvalue weighted by atomic mass is 16.3. The van der Waals surface area contributed by atoms with Crippen LogP contribution in [0, 0.1) is 0 Å². The highest BCUT2D eigenvalue weighted by molar-refractivity contribution is 6.09. The molecule has 2 heteroatoms. The first-order chi connectivity index (χ1) is 17.8. The topological polar surface area (TPSA) is 25.2 Å². The van der Waals surface area contributed by atoms with Gasteiger partial charge in [-0.1, -0.05) is 97.1 Å². The van der Waals surface area contributed by atoms with Crippen LogP contribution in [0.3, 0.4) is 0 Å². The van der Waals surface area contributed by atoms with E-state index in [1.165, 1.54) is 21.9 Å². The summed E-state index contributed by atoms with van der Waals surface area (Å²) >= 11 is 0. The SMILES string of the molecule is c1ccc2cc(-c3ccc(Nc4ccc(-c5cccc6c5oc5ccccc56)cc4)cc3)ccc2c1. The molecule has 7 rings (SSSR count). The van der Waals surface area contributed by atoms with Crippen molar-refractivity contribution in [2.24, 2.45) is 0 Å². The third-order valence-electron chi connectivity index (χ3n) is 6.86. The maximum Gasteiger partial charge on any atom is 0.143 e. The second-order valence-corrected chi connectivity index (χ2v) is 9.12. The minimum absolute atomic E-state index is 0.922. The fraction of sp³-hybridized carbons (Fsp3) is 0. The van der Waals surface area contributed by atoms with E-state index in [0.717, 1.165) is 44.4 Å². The van der Waals surface area contributed by atoms with Crippen LogP contribution in [-0.2, 0) is 0 Å². The fourth-order valence-electron chi connectivity index (χ4n) is 4.99. The lowest BCUT2D eigenvalue weighted by Gasteiger charge is -2.10. The van der Waals surface area contributed by atoms with Gasteiger partial charge in [0.1, 0.15) is 11.2 Å². The van der Waals surface area contributed by atoms with Crippen molar-refractivity contribution in [3.05, 3.63) is 133 Å². The van der Waals surface area contributed by atoms with Gasteiger partial charge < -0.3 is 9.73 Å². The molecular formula is C34H23NO. The predicted octanol–water partition coefficient (Wildman–Crippen LogP) is 9.82. The summed E-state index contributed by atoms with van der Waals surface area (Å²) in [4.78, 5) is 0. The third kappa shape index (κ3) is 3.60. The molecule has 0 saturated heterocycles. The Bertz CT molecular complexity index is 1840. The van der Waals surface area contributed by atoms with Crippen LogP contribution in [-0.4, -0.2) is 0 Å². The van der Waals surface area contributed by atoms with Crippen molar-refractivity contribution in [1.29, 1.82) is 0 Å². The molecule has 0 aliphatic rings. The molecule has 36 heavy (non-hydrogen) atoms. The predicted molar refractivity (Wildman–Crippen MR) is 152 cm³/mol. The first-order valence-electron chi connectivity index (χ1n) is 12.2. The molecule has 0 radical (unpaired) electrons. The van der Waals surface area contributed by atoms with Gasteiger partial charge in [-0.15, -0.1) is 0 Å². The van der Waals surface area contributed by atoms with Crippen LogP contribution in [0.2, 0.25) is 0 Å². The van der Waals surface area contributed by atoms with Gasteiger partial charge in [0.25, 0.3) is 0 Å². The minimum atomic E-state index is 0.922. The molecule has 1 aromatic heterocycles. The van der Waals surface area contributed by atoms with Crippen LogP contribution >= 0.6 is 0 Å². The Kier molecular flexibility index (Phi) is 4.82. The molecular weight excluding hydrogens is 438 g/mol. The molecule has 1 heterocycles. The summed E-state index contributed by atoms with van der Waals surface area (Å²) in [6.07, 6.45) is 0. The molecule has 0 unspecified atom stereocenters. The fourth-order valence-corrected chi connectivity index (χ4v) is 4.99. The maximum absolute atomic E-state index is 6.22. The Balaban J connectivity index is 1.14. The molecule has 0 bridgehead atoms. The number of nitrogens with one attached hydrogen (secondary N) is 1. The lowest BCUT2D eigenvalue weighted by molar-refractivity contribution is 0.670. The molecule has 0 spiro atoms. The van der Waals surface area contributed by atoms with Gasteiger partial charge in [-0.2, -0.15) is 0 Å². The van der Waals surface area contributed by atoms with Gasteiger partial charge in [0.2, 0.25) is 0 Å². The second-order valence-electron chi connectivity index (χ2n) is 9.12. The molecule has 170 valence electrons. The highest BCUT2D eigenvalue weighted by Gasteiger charge is 2.11. The lowest BCUT2D eigenvalue weighted by atomic mass is 10.0. The Hall–Kier alpha value is -4.82. The number of rotatable bonds is 4. The minimum Gasteiger partial charge on any atom is -0.455 e. The van der Waals surface area contributed by atoms with Crippen molar-refractivity contribution in [2.75, 3.05) is 5.32 Å². The molecule has 2 nitrogen and oxygen atoms in total. The van der Waals surface area contributed by atoms with Crippen LogP contribution in [0.4, 0.5) is 11.4 Å². The Morgan fingerprint density at radius 2 is 1.08 bits per heavy atom. The summed E-state index contributed by atoms with van der Waals surface area (Å²) in [6, 6.07) is 46.8. The first kappa shape index (κ1) is 20.5. The monoisotopic (exact) mass is 461 g/mol. The number of benzene rings is 6. The van der Waals surface area contributed by atoms with Crippen LogP contribution in [0.25, 0.3) is 55.0 Å². The average molecular weight is 462 g/mol. The van der Waals surface area contributed by atoms with Gasteiger partial charge in [0, 0.05) is 27.7 Å². The summed E-state index contributed by atoms with van der Waals surface area (Å²) < 4.78 is 6.22. The number of hydrogen-bond acceptors (Lipinski definition) is 2. The zero-order valence-electron chi connectivity index (χ0n) is 19.6. The molecule has 7 aromatic rings. The van der Waals surface area contributed by atoms with Crippen LogP contribution < -0.4 is 5.32 Å². The number of fused-ring (bicyclic) bond motifs is 4. The number of para-hydroxylation sites is 2. The van der Waals surface area contributed by atoms with Gasteiger partial charge in [0.15, 0.2) is 0 Å². The Morgan fingerprint density at radius 1 is 0.444 bits per heavy atom. The third-order valence-corrected chi connectivity index (χ3v) is 6.86. The van der Waals surface area contributed by atoms with E-state index in [0.29, 0.717) is 0 Å². The van der Waals surface area contributed by atoms with Gasteiger partial charge in [0.05, 0.1) is 0 Å². The number of furan rings is 1.